The molecule has 0 aromatic heterocycles. The van der Waals surface area contributed by atoms with Gasteiger partial charge in [-0.25, -0.2) is 0 Å². The van der Waals surface area contributed by atoms with Crippen molar-refractivity contribution in [2.45, 2.75) is 90.1 Å². The normalized spacial score (nSPS) is 18.7. The second-order valence-corrected chi connectivity index (χ2v) is 10.1. The van der Waals surface area contributed by atoms with Gasteiger partial charge in [-0.1, -0.05) is 95.0 Å². The highest BCUT2D eigenvalue weighted by atomic mass is 16.5. The first kappa shape index (κ1) is 24.3. The minimum atomic E-state index is 0.100. The molecule has 2 aromatic rings. The Kier molecular flexibility index (Phi) is 8.73. The molecule has 2 nitrogen and oxygen atoms in total. The predicted octanol–water partition coefficient (Wildman–Crippen LogP) is 8.15. The molecule has 0 bridgehead atoms. The van der Waals surface area contributed by atoms with Crippen LogP contribution < -0.4 is 4.74 Å². The van der Waals surface area contributed by atoms with Gasteiger partial charge in [0, 0.05) is 12.8 Å². The lowest BCUT2D eigenvalue weighted by molar-refractivity contribution is -0.117. The zero-order chi connectivity index (χ0) is 23.0. The third-order valence-electron chi connectivity index (χ3n) is 7.06. The van der Waals surface area contributed by atoms with Crippen LogP contribution in [0.15, 0.2) is 61.2 Å². The number of benzene rings is 2. The van der Waals surface area contributed by atoms with Crippen molar-refractivity contribution < 1.29 is 9.53 Å². The summed E-state index contributed by atoms with van der Waals surface area (Å²) in [5.74, 6) is 1.85. The number of hydrogen-bond donors (Lipinski definition) is 0. The lowest BCUT2D eigenvalue weighted by Gasteiger charge is -2.28. The Balaban J connectivity index is 1.88. The van der Waals surface area contributed by atoms with Crippen LogP contribution in [-0.2, 0) is 16.8 Å². The van der Waals surface area contributed by atoms with E-state index in [1.165, 1.54) is 43.2 Å². The van der Waals surface area contributed by atoms with Gasteiger partial charge in [0.15, 0.2) is 0 Å². The molecule has 0 N–H and O–H groups in total. The van der Waals surface area contributed by atoms with E-state index in [9.17, 15) is 4.79 Å². The molecule has 1 saturated carbocycles. The summed E-state index contributed by atoms with van der Waals surface area (Å²) in [6.45, 7) is 11.4. The molecule has 1 fully saturated rings. The van der Waals surface area contributed by atoms with Gasteiger partial charge in [0.1, 0.15) is 18.1 Å². The van der Waals surface area contributed by atoms with Crippen molar-refractivity contribution >= 4 is 5.78 Å². The van der Waals surface area contributed by atoms with Crippen molar-refractivity contribution in [1.29, 1.82) is 0 Å². The molecule has 0 unspecified atom stereocenters. The first-order chi connectivity index (χ1) is 15.4. The molecule has 2 heteroatoms. The summed E-state index contributed by atoms with van der Waals surface area (Å²) in [6, 6.07) is 17.1. The fourth-order valence-electron chi connectivity index (χ4n) is 5.02. The SMILES string of the molecule is C=CC[C@H]1CC(=O)C[C@@H]1c1ccc(C(C)(C)CCCCCC)cc1OCc1ccccc1. The molecular weight excluding hydrogens is 392 g/mol. The Morgan fingerprint density at radius 1 is 1.06 bits per heavy atom. The van der Waals surface area contributed by atoms with Crippen molar-refractivity contribution in [3.8, 4) is 5.75 Å². The molecule has 0 heterocycles. The van der Waals surface area contributed by atoms with E-state index in [1.54, 1.807) is 0 Å². The van der Waals surface area contributed by atoms with E-state index in [2.05, 4.69) is 57.7 Å². The first-order valence-corrected chi connectivity index (χ1v) is 12.4. The van der Waals surface area contributed by atoms with Gasteiger partial charge in [-0.3, -0.25) is 4.79 Å². The van der Waals surface area contributed by atoms with E-state index in [0.717, 1.165) is 17.7 Å². The maximum Gasteiger partial charge on any atom is 0.133 e. The standard InChI is InChI=1S/C30H40O2/c1-5-7-8-12-18-30(3,4)25-16-17-27(28-21-26(31)19-24(28)13-6-2)29(20-25)32-22-23-14-10-9-11-15-23/h6,9-11,14-17,20,24,28H,2,5,7-8,12-13,18-19,21-22H2,1,3-4H3/t24-,28-/m0/s1. The van der Waals surface area contributed by atoms with Crippen LogP contribution in [0.3, 0.4) is 0 Å². The van der Waals surface area contributed by atoms with Crippen LogP contribution in [0.2, 0.25) is 0 Å². The van der Waals surface area contributed by atoms with Gasteiger partial charge < -0.3 is 4.74 Å². The summed E-state index contributed by atoms with van der Waals surface area (Å²) in [5.41, 5.74) is 3.77. The Labute approximate surface area is 195 Å². The molecule has 0 aliphatic heterocycles. The average molecular weight is 433 g/mol. The molecule has 0 radical (unpaired) electrons. The molecule has 1 aliphatic carbocycles. The highest BCUT2D eigenvalue weighted by Crippen LogP contribution is 2.45. The molecule has 0 saturated heterocycles. The van der Waals surface area contributed by atoms with E-state index in [0.29, 0.717) is 31.1 Å². The van der Waals surface area contributed by atoms with Crippen LogP contribution in [0, 0.1) is 5.92 Å². The van der Waals surface area contributed by atoms with E-state index in [-0.39, 0.29) is 11.3 Å². The molecule has 3 rings (SSSR count). The van der Waals surface area contributed by atoms with Gasteiger partial charge in [0.25, 0.3) is 0 Å². The topological polar surface area (TPSA) is 26.3 Å². The van der Waals surface area contributed by atoms with Gasteiger partial charge >= 0.3 is 0 Å². The molecule has 2 aromatic carbocycles. The zero-order valence-electron chi connectivity index (χ0n) is 20.2. The summed E-state index contributed by atoms with van der Waals surface area (Å²) in [7, 11) is 0. The lowest BCUT2D eigenvalue weighted by Crippen LogP contribution is -2.18. The van der Waals surface area contributed by atoms with Gasteiger partial charge in [0.2, 0.25) is 0 Å². The Morgan fingerprint density at radius 2 is 1.84 bits per heavy atom. The van der Waals surface area contributed by atoms with E-state index in [4.69, 9.17) is 4.74 Å². The summed E-state index contributed by atoms with van der Waals surface area (Å²) < 4.78 is 6.44. The Hall–Kier alpha value is -2.35. The third kappa shape index (κ3) is 6.34. The minimum absolute atomic E-state index is 0.100. The maximum atomic E-state index is 12.3. The number of carbonyl (C=O) groups excluding carboxylic acids is 1. The monoisotopic (exact) mass is 432 g/mol. The molecule has 32 heavy (non-hydrogen) atoms. The largest absolute Gasteiger partial charge is 0.489 e. The van der Waals surface area contributed by atoms with Gasteiger partial charge in [-0.2, -0.15) is 0 Å². The minimum Gasteiger partial charge on any atom is -0.489 e. The summed E-state index contributed by atoms with van der Waals surface area (Å²) in [4.78, 5) is 12.3. The van der Waals surface area contributed by atoms with Gasteiger partial charge in [0.05, 0.1) is 0 Å². The van der Waals surface area contributed by atoms with Crippen LogP contribution in [0.1, 0.15) is 94.7 Å². The summed E-state index contributed by atoms with van der Waals surface area (Å²) in [6.07, 6.45) is 10.4. The van der Waals surface area contributed by atoms with Crippen molar-refractivity contribution in [1.82, 2.24) is 0 Å². The lowest BCUT2D eigenvalue weighted by atomic mass is 9.78. The van der Waals surface area contributed by atoms with Crippen molar-refractivity contribution in [3.05, 3.63) is 77.9 Å². The second-order valence-electron chi connectivity index (χ2n) is 10.1. The number of carbonyl (C=O) groups is 1. The smallest absolute Gasteiger partial charge is 0.133 e. The Morgan fingerprint density at radius 3 is 2.56 bits per heavy atom. The maximum absolute atomic E-state index is 12.3. The van der Waals surface area contributed by atoms with Crippen LogP contribution in [0.5, 0.6) is 5.75 Å². The van der Waals surface area contributed by atoms with Gasteiger partial charge in [-0.15, -0.1) is 6.58 Å². The fraction of sp³-hybridized carbons (Fsp3) is 0.500. The van der Waals surface area contributed by atoms with Crippen molar-refractivity contribution in [2.24, 2.45) is 5.92 Å². The number of ether oxygens (including phenoxy) is 1. The highest BCUT2D eigenvalue weighted by molar-refractivity contribution is 5.82. The van der Waals surface area contributed by atoms with Crippen molar-refractivity contribution in [2.75, 3.05) is 0 Å². The number of ketones is 1. The average Bonchev–Trinajstić information content (AvgIpc) is 3.16. The van der Waals surface area contributed by atoms with Crippen molar-refractivity contribution in [3.63, 3.8) is 0 Å². The number of rotatable bonds is 12. The third-order valence-corrected chi connectivity index (χ3v) is 7.06. The van der Waals surface area contributed by atoms with E-state index >= 15 is 0 Å². The van der Waals surface area contributed by atoms with E-state index < -0.39 is 0 Å². The first-order valence-electron chi connectivity index (χ1n) is 12.4. The summed E-state index contributed by atoms with van der Waals surface area (Å²) in [5, 5.41) is 0. The zero-order valence-corrected chi connectivity index (χ0v) is 20.2. The van der Waals surface area contributed by atoms with Crippen LogP contribution in [0.4, 0.5) is 0 Å². The Bertz CT molecular complexity index is 881. The quantitative estimate of drug-likeness (QED) is 0.250. The highest BCUT2D eigenvalue weighted by Gasteiger charge is 2.35. The fourth-order valence-corrected chi connectivity index (χ4v) is 5.02. The van der Waals surface area contributed by atoms with Crippen LogP contribution in [0.25, 0.3) is 0 Å². The molecular formula is C30H40O2. The number of hydrogen-bond acceptors (Lipinski definition) is 2. The van der Waals surface area contributed by atoms with E-state index in [1.807, 2.05) is 24.3 Å². The number of allylic oxidation sites excluding steroid dienone is 1. The number of Topliss-reactive ketones (excluding diaryl/α,β-unsaturated/α-hetero) is 1. The molecule has 172 valence electrons. The van der Waals surface area contributed by atoms with Gasteiger partial charge in [-0.05, 0) is 52.8 Å². The summed E-state index contributed by atoms with van der Waals surface area (Å²) >= 11 is 0. The second kappa shape index (κ2) is 11.5. The molecule has 0 amide bonds. The molecule has 2 atom stereocenters. The van der Waals surface area contributed by atoms with Crippen LogP contribution >= 0.6 is 0 Å². The predicted molar refractivity (Wildman–Crippen MR) is 134 cm³/mol. The molecule has 0 spiro atoms. The number of unbranched alkanes of at least 4 members (excludes halogenated alkanes) is 3. The molecule has 1 aliphatic rings. The van der Waals surface area contributed by atoms with Crippen LogP contribution in [-0.4, -0.2) is 5.78 Å².